The van der Waals surface area contributed by atoms with Crippen molar-refractivity contribution in [3.8, 4) is 5.75 Å². The molecule has 0 aliphatic carbocycles. The van der Waals surface area contributed by atoms with Gasteiger partial charge in [-0.3, -0.25) is 4.68 Å². The van der Waals surface area contributed by atoms with Gasteiger partial charge in [-0.2, -0.15) is 5.10 Å². The Morgan fingerprint density at radius 1 is 1.58 bits per heavy atom. The number of nitrogens with zero attached hydrogens (tertiary/aromatic N) is 2. The quantitative estimate of drug-likeness (QED) is 0.654. The summed E-state index contributed by atoms with van der Waals surface area (Å²) in [6, 6.07) is 0. The summed E-state index contributed by atoms with van der Waals surface area (Å²) in [7, 11) is 1.87. The van der Waals surface area contributed by atoms with Crippen LogP contribution in [0, 0.1) is 0 Å². The first-order chi connectivity index (χ1) is 5.83. The van der Waals surface area contributed by atoms with Gasteiger partial charge in [0.1, 0.15) is 0 Å². The minimum absolute atomic E-state index is 0.725. The van der Waals surface area contributed by atoms with Gasteiger partial charge in [-0.15, -0.1) is 0 Å². The van der Waals surface area contributed by atoms with Crippen molar-refractivity contribution >= 4 is 0 Å². The number of nitrogens with two attached hydrogens (primary N) is 1. The lowest BCUT2D eigenvalue weighted by atomic mass is 10.3. The average Bonchev–Trinajstić information content (AvgIpc) is 2.45. The molecule has 0 saturated heterocycles. The van der Waals surface area contributed by atoms with Crippen LogP contribution in [0.1, 0.15) is 12.8 Å². The van der Waals surface area contributed by atoms with Crippen LogP contribution in [0.3, 0.4) is 0 Å². The number of hydrogen-bond donors (Lipinski definition) is 1. The monoisotopic (exact) mass is 169 g/mol. The summed E-state index contributed by atoms with van der Waals surface area (Å²) in [6.45, 7) is 1.46. The highest BCUT2D eigenvalue weighted by atomic mass is 16.5. The smallest absolute Gasteiger partial charge is 0.157 e. The van der Waals surface area contributed by atoms with Crippen LogP contribution in [0.4, 0.5) is 0 Å². The molecule has 0 fully saturated rings. The van der Waals surface area contributed by atoms with Crippen molar-refractivity contribution in [2.45, 2.75) is 12.8 Å². The number of rotatable bonds is 5. The lowest BCUT2D eigenvalue weighted by Crippen LogP contribution is -2.02. The van der Waals surface area contributed by atoms with E-state index in [0.29, 0.717) is 0 Å². The van der Waals surface area contributed by atoms with E-state index >= 15 is 0 Å². The predicted octanol–water partition coefficient (Wildman–Crippen LogP) is 0.538. The molecule has 1 rings (SSSR count). The standard InChI is InChI=1S/C8H15N3O/c1-11-7-8(6-10-11)12-5-3-2-4-9/h6-7H,2-5,9H2,1H3. The van der Waals surface area contributed by atoms with E-state index < -0.39 is 0 Å². The van der Waals surface area contributed by atoms with Gasteiger partial charge in [-0.1, -0.05) is 0 Å². The van der Waals surface area contributed by atoms with Crippen molar-refractivity contribution in [1.82, 2.24) is 9.78 Å². The zero-order valence-electron chi connectivity index (χ0n) is 7.36. The largest absolute Gasteiger partial charge is 0.490 e. The molecule has 1 aromatic rings. The Hall–Kier alpha value is -1.03. The van der Waals surface area contributed by atoms with E-state index in [9.17, 15) is 0 Å². The molecule has 4 nitrogen and oxygen atoms in total. The molecule has 0 unspecified atom stereocenters. The molecule has 0 bridgehead atoms. The minimum atomic E-state index is 0.725. The predicted molar refractivity (Wildman–Crippen MR) is 47.0 cm³/mol. The van der Waals surface area contributed by atoms with Crippen LogP contribution < -0.4 is 10.5 Å². The van der Waals surface area contributed by atoms with Gasteiger partial charge < -0.3 is 10.5 Å². The molecule has 0 aromatic carbocycles. The fourth-order valence-corrected chi connectivity index (χ4v) is 0.910. The van der Waals surface area contributed by atoms with Crippen LogP contribution in [0.15, 0.2) is 12.4 Å². The van der Waals surface area contributed by atoms with E-state index in [-0.39, 0.29) is 0 Å². The topological polar surface area (TPSA) is 53.1 Å². The fraction of sp³-hybridized carbons (Fsp3) is 0.625. The fourth-order valence-electron chi connectivity index (χ4n) is 0.910. The zero-order chi connectivity index (χ0) is 8.81. The van der Waals surface area contributed by atoms with E-state index in [1.165, 1.54) is 0 Å². The first-order valence-corrected chi connectivity index (χ1v) is 4.14. The third-order valence-corrected chi connectivity index (χ3v) is 1.55. The van der Waals surface area contributed by atoms with Gasteiger partial charge in [-0.05, 0) is 19.4 Å². The SMILES string of the molecule is Cn1cc(OCCCCN)cn1. The molecular formula is C8H15N3O. The van der Waals surface area contributed by atoms with Gasteiger partial charge in [-0.25, -0.2) is 0 Å². The van der Waals surface area contributed by atoms with Gasteiger partial charge >= 0.3 is 0 Å². The Bertz CT molecular complexity index is 222. The van der Waals surface area contributed by atoms with Crippen LogP contribution >= 0.6 is 0 Å². The Labute approximate surface area is 72.3 Å². The highest BCUT2D eigenvalue weighted by molar-refractivity contribution is 5.10. The van der Waals surface area contributed by atoms with E-state index in [1.54, 1.807) is 10.9 Å². The summed E-state index contributed by atoms with van der Waals surface area (Å²) in [5.74, 6) is 0.828. The van der Waals surface area contributed by atoms with Crippen molar-refractivity contribution in [1.29, 1.82) is 0 Å². The lowest BCUT2D eigenvalue weighted by Gasteiger charge is -2.00. The van der Waals surface area contributed by atoms with Crippen molar-refractivity contribution in [3.63, 3.8) is 0 Å². The van der Waals surface area contributed by atoms with Gasteiger partial charge in [0, 0.05) is 7.05 Å². The molecule has 1 aromatic heterocycles. The molecule has 0 amide bonds. The highest BCUT2D eigenvalue weighted by Gasteiger charge is 1.94. The summed E-state index contributed by atoms with van der Waals surface area (Å²) in [5, 5.41) is 3.98. The van der Waals surface area contributed by atoms with Crippen LogP contribution in [0.2, 0.25) is 0 Å². The lowest BCUT2D eigenvalue weighted by molar-refractivity contribution is 0.307. The molecular weight excluding hydrogens is 154 g/mol. The normalized spacial score (nSPS) is 10.2. The molecule has 2 N–H and O–H groups in total. The Kier molecular flexibility index (Phi) is 3.60. The molecule has 0 aliphatic rings. The van der Waals surface area contributed by atoms with Crippen LogP contribution in [0.5, 0.6) is 5.75 Å². The number of aryl methyl sites for hydroxylation is 1. The van der Waals surface area contributed by atoms with Crippen LogP contribution in [0.25, 0.3) is 0 Å². The van der Waals surface area contributed by atoms with Gasteiger partial charge in [0.25, 0.3) is 0 Å². The van der Waals surface area contributed by atoms with Gasteiger partial charge in [0.15, 0.2) is 5.75 Å². The number of hydrogen-bond acceptors (Lipinski definition) is 3. The number of ether oxygens (including phenoxy) is 1. The molecule has 12 heavy (non-hydrogen) atoms. The van der Waals surface area contributed by atoms with Gasteiger partial charge in [0.05, 0.1) is 19.0 Å². The average molecular weight is 169 g/mol. The van der Waals surface area contributed by atoms with Crippen molar-refractivity contribution in [2.24, 2.45) is 12.8 Å². The second kappa shape index (κ2) is 4.77. The molecule has 0 saturated carbocycles. The van der Waals surface area contributed by atoms with E-state index in [1.807, 2.05) is 13.2 Å². The number of aromatic nitrogens is 2. The second-order valence-electron chi connectivity index (χ2n) is 2.69. The number of unbranched alkanes of at least 4 members (excludes halogenated alkanes) is 1. The zero-order valence-corrected chi connectivity index (χ0v) is 7.36. The summed E-state index contributed by atoms with van der Waals surface area (Å²) in [5.41, 5.74) is 5.34. The maximum Gasteiger partial charge on any atom is 0.157 e. The van der Waals surface area contributed by atoms with E-state index in [0.717, 1.165) is 31.7 Å². The van der Waals surface area contributed by atoms with Crippen molar-refractivity contribution < 1.29 is 4.74 Å². The first kappa shape index (κ1) is 9.06. The molecule has 4 heteroatoms. The first-order valence-electron chi connectivity index (χ1n) is 4.14. The third-order valence-electron chi connectivity index (χ3n) is 1.55. The summed E-state index contributed by atoms with van der Waals surface area (Å²) < 4.78 is 7.11. The van der Waals surface area contributed by atoms with E-state index in [2.05, 4.69) is 5.10 Å². The van der Waals surface area contributed by atoms with Crippen molar-refractivity contribution in [2.75, 3.05) is 13.2 Å². The second-order valence-corrected chi connectivity index (χ2v) is 2.69. The molecule has 0 spiro atoms. The molecule has 68 valence electrons. The van der Waals surface area contributed by atoms with E-state index in [4.69, 9.17) is 10.5 Å². The summed E-state index contributed by atoms with van der Waals surface area (Å²) >= 11 is 0. The molecule has 0 aliphatic heterocycles. The maximum atomic E-state index is 5.39. The van der Waals surface area contributed by atoms with Crippen LogP contribution in [-0.2, 0) is 7.05 Å². The highest BCUT2D eigenvalue weighted by Crippen LogP contribution is 2.07. The molecule has 0 radical (unpaired) electrons. The Balaban J connectivity index is 2.15. The summed E-state index contributed by atoms with van der Waals surface area (Å²) in [4.78, 5) is 0. The Morgan fingerprint density at radius 3 is 3.00 bits per heavy atom. The third kappa shape index (κ3) is 2.92. The Morgan fingerprint density at radius 2 is 2.42 bits per heavy atom. The molecule has 1 heterocycles. The van der Waals surface area contributed by atoms with Crippen molar-refractivity contribution in [3.05, 3.63) is 12.4 Å². The summed E-state index contributed by atoms with van der Waals surface area (Å²) in [6.07, 6.45) is 5.58. The van der Waals surface area contributed by atoms with Gasteiger partial charge in [0.2, 0.25) is 0 Å². The molecule has 0 atom stereocenters. The van der Waals surface area contributed by atoms with Crippen LogP contribution in [-0.4, -0.2) is 22.9 Å². The maximum absolute atomic E-state index is 5.39. The minimum Gasteiger partial charge on any atom is -0.490 e.